The fourth-order valence-corrected chi connectivity index (χ4v) is 3.62. The molecule has 0 amide bonds. The topological polar surface area (TPSA) is 46.5 Å². The zero-order valence-electron chi connectivity index (χ0n) is 11.2. The molecule has 1 aromatic carbocycles. The smallest absolute Gasteiger partial charge is 0.109 e. The Morgan fingerprint density at radius 3 is 2.74 bits per heavy atom. The summed E-state index contributed by atoms with van der Waals surface area (Å²) in [5.74, 6) is 0.864. The van der Waals surface area contributed by atoms with Crippen LogP contribution in [-0.4, -0.2) is 22.0 Å². The highest BCUT2D eigenvalue weighted by Gasteiger charge is 2.26. The Morgan fingerprint density at radius 2 is 2.05 bits per heavy atom. The Morgan fingerprint density at radius 1 is 1.32 bits per heavy atom. The minimum atomic E-state index is -1.12. The molecule has 1 N–H and O–H groups in total. The van der Waals surface area contributed by atoms with Crippen LogP contribution in [0.5, 0.6) is 0 Å². The van der Waals surface area contributed by atoms with E-state index in [9.17, 15) is 4.21 Å². The first-order valence-electron chi connectivity index (χ1n) is 6.68. The lowest BCUT2D eigenvalue weighted by Crippen LogP contribution is -1.99. The van der Waals surface area contributed by atoms with Crippen molar-refractivity contribution in [3.63, 3.8) is 0 Å². The predicted octanol–water partition coefficient (Wildman–Crippen LogP) is 2.98. The van der Waals surface area contributed by atoms with Gasteiger partial charge in [0, 0.05) is 24.3 Å². The van der Waals surface area contributed by atoms with Gasteiger partial charge in [0.25, 0.3) is 0 Å². The van der Waals surface area contributed by atoms with Gasteiger partial charge in [-0.05, 0) is 31.9 Å². The summed E-state index contributed by atoms with van der Waals surface area (Å²) >= 11 is 0. The minimum Gasteiger partial charge on any atom is -0.494 e. The van der Waals surface area contributed by atoms with Crippen LogP contribution in [0, 0.1) is 0 Å². The molecule has 0 saturated heterocycles. The van der Waals surface area contributed by atoms with E-state index in [1.165, 1.54) is 0 Å². The highest BCUT2D eigenvalue weighted by molar-refractivity contribution is 7.89. The second-order valence-electron chi connectivity index (χ2n) is 4.74. The van der Waals surface area contributed by atoms with Gasteiger partial charge in [-0.3, -0.25) is 0 Å². The second kappa shape index (κ2) is 6.87. The summed E-state index contributed by atoms with van der Waals surface area (Å²) in [6, 6.07) is 9.50. The molecule has 0 aromatic heterocycles. The quantitative estimate of drug-likeness (QED) is 0.815. The Kier molecular flexibility index (Phi) is 5.16. The van der Waals surface area contributed by atoms with E-state index in [0.717, 1.165) is 41.2 Å². The molecule has 0 bridgehead atoms. The van der Waals surface area contributed by atoms with Crippen molar-refractivity contribution < 1.29 is 14.1 Å². The molecule has 19 heavy (non-hydrogen) atoms. The summed E-state index contributed by atoms with van der Waals surface area (Å²) in [4.78, 5) is 1.74. The van der Waals surface area contributed by atoms with Gasteiger partial charge in [0.1, 0.15) is 11.9 Å². The van der Waals surface area contributed by atoms with Crippen LogP contribution in [0.25, 0.3) is 0 Å². The van der Waals surface area contributed by atoms with E-state index in [1.54, 1.807) is 0 Å². The number of aliphatic hydroxyl groups is 1. The Hall–Kier alpha value is -1.13. The number of hydrogen-bond donors (Lipinski definition) is 1. The summed E-state index contributed by atoms with van der Waals surface area (Å²) in [5.41, 5.74) is 0. The molecule has 2 atom stereocenters. The second-order valence-corrected chi connectivity index (χ2v) is 6.24. The molecular formula is C15H20O3S. The van der Waals surface area contributed by atoms with E-state index in [1.807, 2.05) is 37.3 Å². The van der Waals surface area contributed by atoms with E-state index < -0.39 is 10.8 Å². The van der Waals surface area contributed by atoms with Gasteiger partial charge in [0.05, 0.1) is 15.7 Å². The van der Waals surface area contributed by atoms with Crippen molar-refractivity contribution in [2.45, 2.75) is 43.6 Å². The van der Waals surface area contributed by atoms with Crippen LogP contribution in [0.3, 0.4) is 0 Å². The van der Waals surface area contributed by atoms with Crippen molar-refractivity contribution in [2.75, 3.05) is 6.61 Å². The first kappa shape index (κ1) is 14.3. The maximum Gasteiger partial charge on any atom is 0.109 e. The standard InChI is InChI=1S/C15H20O3S/c1-12-11-15(14(18-12)9-5-6-10-16)19(17)13-7-3-2-4-8-13/h2-4,7-8,12,16H,5-6,9-11H2,1H3/t12-,19+/m1/s1. The number of benzene rings is 1. The van der Waals surface area contributed by atoms with E-state index in [4.69, 9.17) is 9.84 Å². The average molecular weight is 280 g/mol. The van der Waals surface area contributed by atoms with Crippen molar-refractivity contribution in [2.24, 2.45) is 0 Å². The normalized spacial score (nSPS) is 20.4. The van der Waals surface area contributed by atoms with Gasteiger partial charge in [-0.2, -0.15) is 0 Å². The highest BCUT2D eigenvalue weighted by Crippen LogP contribution is 2.33. The highest BCUT2D eigenvalue weighted by atomic mass is 32.2. The van der Waals surface area contributed by atoms with Crippen LogP contribution >= 0.6 is 0 Å². The molecule has 1 heterocycles. The van der Waals surface area contributed by atoms with Crippen molar-refractivity contribution in [1.29, 1.82) is 0 Å². The Balaban J connectivity index is 2.14. The summed E-state index contributed by atoms with van der Waals surface area (Å²) in [7, 11) is -1.12. The molecule has 0 radical (unpaired) electrons. The molecule has 4 heteroatoms. The molecule has 0 spiro atoms. The summed E-state index contributed by atoms with van der Waals surface area (Å²) in [6.45, 7) is 2.20. The van der Waals surface area contributed by atoms with E-state index in [2.05, 4.69) is 0 Å². The first-order valence-corrected chi connectivity index (χ1v) is 7.83. The molecule has 1 aromatic rings. The van der Waals surface area contributed by atoms with Crippen LogP contribution in [0.4, 0.5) is 0 Å². The van der Waals surface area contributed by atoms with Crippen molar-refractivity contribution in [1.82, 2.24) is 0 Å². The maximum absolute atomic E-state index is 12.6. The van der Waals surface area contributed by atoms with E-state index in [0.29, 0.717) is 0 Å². The fourth-order valence-electron chi connectivity index (χ4n) is 2.19. The fraction of sp³-hybridized carbons (Fsp3) is 0.467. The lowest BCUT2D eigenvalue weighted by Gasteiger charge is -2.07. The number of allylic oxidation sites excluding steroid dienone is 1. The van der Waals surface area contributed by atoms with Crippen LogP contribution < -0.4 is 0 Å². The molecule has 0 fully saturated rings. The van der Waals surface area contributed by atoms with Gasteiger partial charge in [-0.1, -0.05) is 18.2 Å². The average Bonchev–Trinajstić information content (AvgIpc) is 2.80. The van der Waals surface area contributed by atoms with Crippen LogP contribution in [0.2, 0.25) is 0 Å². The number of aliphatic hydroxyl groups excluding tert-OH is 1. The molecular weight excluding hydrogens is 260 g/mol. The minimum absolute atomic E-state index is 0.104. The molecule has 0 aliphatic carbocycles. The van der Waals surface area contributed by atoms with Crippen molar-refractivity contribution >= 4 is 10.8 Å². The third-order valence-corrected chi connectivity index (χ3v) is 4.66. The monoisotopic (exact) mass is 280 g/mol. The van der Waals surface area contributed by atoms with Gasteiger partial charge in [0.15, 0.2) is 0 Å². The number of hydrogen-bond acceptors (Lipinski definition) is 3. The lowest BCUT2D eigenvalue weighted by molar-refractivity contribution is 0.150. The third kappa shape index (κ3) is 3.67. The summed E-state index contributed by atoms with van der Waals surface area (Å²) < 4.78 is 18.3. The largest absolute Gasteiger partial charge is 0.494 e. The first-order chi connectivity index (χ1) is 9.22. The van der Waals surface area contributed by atoms with Crippen molar-refractivity contribution in [3.8, 4) is 0 Å². The van der Waals surface area contributed by atoms with Crippen LogP contribution in [0.15, 0.2) is 45.9 Å². The predicted molar refractivity (Wildman–Crippen MR) is 76.0 cm³/mol. The number of unbranched alkanes of at least 4 members (excludes halogenated alkanes) is 1. The van der Waals surface area contributed by atoms with Crippen LogP contribution in [-0.2, 0) is 15.5 Å². The molecule has 0 saturated carbocycles. The SMILES string of the molecule is C[C@@H]1CC([S@@](=O)c2ccccc2)=C(CCCCO)O1. The van der Waals surface area contributed by atoms with Gasteiger partial charge in [-0.25, -0.2) is 4.21 Å². The Bertz CT molecular complexity index is 468. The zero-order valence-corrected chi connectivity index (χ0v) is 12.0. The van der Waals surface area contributed by atoms with E-state index >= 15 is 0 Å². The molecule has 0 unspecified atom stereocenters. The van der Waals surface area contributed by atoms with Crippen molar-refractivity contribution in [3.05, 3.63) is 41.0 Å². The lowest BCUT2D eigenvalue weighted by atomic mass is 10.2. The molecule has 1 aliphatic heterocycles. The number of ether oxygens (including phenoxy) is 1. The maximum atomic E-state index is 12.6. The van der Waals surface area contributed by atoms with Gasteiger partial charge >= 0.3 is 0 Å². The molecule has 2 rings (SSSR count). The third-order valence-electron chi connectivity index (χ3n) is 3.12. The van der Waals surface area contributed by atoms with E-state index in [-0.39, 0.29) is 12.7 Å². The Labute approximate surface area is 116 Å². The summed E-state index contributed by atoms with van der Waals surface area (Å²) in [6.07, 6.45) is 3.22. The molecule has 104 valence electrons. The van der Waals surface area contributed by atoms with Gasteiger partial charge in [0.2, 0.25) is 0 Å². The molecule has 3 nitrogen and oxygen atoms in total. The summed E-state index contributed by atoms with van der Waals surface area (Å²) in [5, 5.41) is 8.83. The van der Waals surface area contributed by atoms with Gasteiger partial charge in [-0.15, -0.1) is 0 Å². The zero-order chi connectivity index (χ0) is 13.7. The molecule has 1 aliphatic rings. The van der Waals surface area contributed by atoms with Gasteiger partial charge < -0.3 is 9.84 Å². The number of rotatable bonds is 6. The van der Waals surface area contributed by atoms with Crippen LogP contribution in [0.1, 0.15) is 32.6 Å².